The average Bonchev–Trinajstić information content (AvgIpc) is 1.97. The van der Waals surface area contributed by atoms with E-state index in [-0.39, 0.29) is 31.2 Å². The topological polar surface area (TPSA) is 35.5 Å². The quantitative estimate of drug-likeness (QED) is 0.453. The fourth-order valence-corrected chi connectivity index (χ4v) is 0.493. The first kappa shape index (κ1) is 11.6. The van der Waals surface area contributed by atoms with Crippen LogP contribution in [-0.2, 0) is 14.3 Å². The van der Waals surface area contributed by atoms with Crippen LogP contribution in [0.3, 0.4) is 0 Å². The third-order valence-corrected chi connectivity index (χ3v) is 1.37. The lowest BCUT2D eigenvalue weighted by Crippen LogP contribution is -2.17. The molecule has 0 aromatic rings. The van der Waals surface area contributed by atoms with Gasteiger partial charge < -0.3 is 9.47 Å². The van der Waals surface area contributed by atoms with E-state index in [1.165, 1.54) is 0 Å². The van der Waals surface area contributed by atoms with Crippen molar-refractivity contribution >= 4 is 5.78 Å². The zero-order chi connectivity index (χ0) is 9.56. The van der Waals surface area contributed by atoms with Gasteiger partial charge in [0.25, 0.3) is 0 Å². The van der Waals surface area contributed by atoms with Crippen LogP contribution in [0.15, 0.2) is 0 Å². The maximum Gasteiger partial charge on any atom is 0.161 e. The Hall–Kier alpha value is -0.410. The van der Waals surface area contributed by atoms with Crippen LogP contribution in [0.4, 0.5) is 0 Å². The molecule has 0 atom stereocenters. The second-order valence-corrected chi connectivity index (χ2v) is 3.30. The van der Waals surface area contributed by atoms with Gasteiger partial charge in [0.15, 0.2) is 5.78 Å². The summed E-state index contributed by atoms with van der Waals surface area (Å²) in [5.41, 5.74) is 0. The highest BCUT2D eigenvalue weighted by molar-refractivity contribution is 5.81. The highest BCUT2D eigenvalue weighted by Gasteiger charge is 2.06. The molecule has 72 valence electrons. The van der Waals surface area contributed by atoms with Gasteiger partial charge in [-0.2, -0.15) is 0 Å². The minimum atomic E-state index is 0.0454. The molecule has 0 rings (SSSR count). The van der Waals surface area contributed by atoms with Crippen LogP contribution in [-0.4, -0.2) is 25.3 Å². The molecule has 0 saturated carbocycles. The van der Waals surface area contributed by atoms with Crippen LogP contribution in [0.5, 0.6) is 0 Å². The van der Waals surface area contributed by atoms with Gasteiger partial charge in [0.2, 0.25) is 0 Å². The Morgan fingerprint density at radius 2 is 1.83 bits per heavy atom. The van der Waals surface area contributed by atoms with Gasteiger partial charge in [-0.05, 0) is 13.8 Å². The summed E-state index contributed by atoms with van der Waals surface area (Å²) in [7, 11) is 0. The molecule has 0 spiro atoms. The fourth-order valence-electron chi connectivity index (χ4n) is 0.493. The summed E-state index contributed by atoms with van der Waals surface area (Å²) in [6.45, 7) is 7.92. The van der Waals surface area contributed by atoms with E-state index in [9.17, 15) is 4.79 Å². The van der Waals surface area contributed by atoms with E-state index in [1.54, 1.807) is 0 Å². The summed E-state index contributed by atoms with van der Waals surface area (Å²) in [5.74, 6) is 0.159. The molecule has 12 heavy (non-hydrogen) atoms. The molecule has 0 aliphatic carbocycles. The van der Waals surface area contributed by atoms with Gasteiger partial charge in [0, 0.05) is 5.92 Å². The number of Topliss-reactive ketones (excluding diaryl/α,β-unsaturated/α-hetero) is 1. The summed E-state index contributed by atoms with van der Waals surface area (Å²) in [6.07, 6.45) is 0.152. The van der Waals surface area contributed by atoms with Crippen LogP contribution in [0.25, 0.3) is 0 Å². The van der Waals surface area contributed by atoms with Crippen molar-refractivity contribution < 1.29 is 14.3 Å². The van der Waals surface area contributed by atoms with Gasteiger partial charge in [-0.25, -0.2) is 0 Å². The lowest BCUT2D eigenvalue weighted by atomic mass is 10.1. The van der Waals surface area contributed by atoms with Gasteiger partial charge in [-0.3, -0.25) is 4.79 Å². The van der Waals surface area contributed by atoms with Gasteiger partial charge in [-0.1, -0.05) is 13.8 Å². The van der Waals surface area contributed by atoms with Gasteiger partial charge in [0.05, 0.1) is 6.10 Å². The summed E-state index contributed by atoms with van der Waals surface area (Å²) in [4.78, 5) is 11.0. The number of ether oxygens (including phenoxy) is 2. The normalized spacial score (nSPS) is 11.2. The molecule has 0 fully saturated rings. The minimum absolute atomic E-state index is 0.0454. The van der Waals surface area contributed by atoms with Gasteiger partial charge in [0.1, 0.15) is 13.4 Å². The maximum absolute atomic E-state index is 11.0. The predicted molar refractivity (Wildman–Crippen MR) is 46.9 cm³/mol. The Kier molecular flexibility index (Phi) is 5.93. The van der Waals surface area contributed by atoms with Crippen LogP contribution in [0.1, 0.15) is 27.7 Å². The molecule has 0 heterocycles. The summed E-state index contributed by atoms with van der Waals surface area (Å²) in [6, 6.07) is 0. The van der Waals surface area contributed by atoms with Crippen LogP contribution in [0, 0.1) is 5.92 Å². The third kappa shape index (κ3) is 6.31. The highest BCUT2D eigenvalue weighted by Crippen LogP contribution is 1.95. The second kappa shape index (κ2) is 6.14. The van der Waals surface area contributed by atoms with E-state index in [0.29, 0.717) is 0 Å². The Morgan fingerprint density at radius 3 is 2.25 bits per heavy atom. The molecule has 0 radical (unpaired) electrons. The van der Waals surface area contributed by atoms with Crippen molar-refractivity contribution in [1.29, 1.82) is 0 Å². The first-order valence-electron chi connectivity index (χ1n) is 4.26. The second-order valence-electron chi connectivity index (χ2n) is 3.30. The van der Waals surface area contributed by atoms with Crippen molar-refractivity contribution in [3.8, 4) is 0 Å². The Labute approximate surface area is 74.0 Å². The summed E-state index contributed by atoms with van der Waals surface area (Å²) in [5, 5.41) is 0. The molecule has 0 N–H and O–H groups in total. The molecular weight excluding hydrogens is 156 g/mol. The van der Waals surface area contributed by atoms with E-state index in [4.69, 9.17) is 9.47 Å². The SMILES string of the molecule is CC(C)OCOCC(=O)C(C)C. The first-order valence-corrected chi connectivity index (χ1v) is 4.26. The molecule has 0 saturated heterocycles. The van der Waals surface area contributed by atoms with E-state index in [2.05, 4.69) is 0 Å². The largest absolute Gasteiger partial charge is 0.353 e. The molecular formula is C9H18O3. The van der Waals surface area contributed by atoms with Crippen molar-refractivity contribution in [3.63, 3.8) is 0 Å². The molecule has 0 aliphatic heterocycles. The van der Waals surface area contributed by atoms with Crippen molar-refractivity contribution in [2.45, 2.75) is 33.8 Å². The number of hydrogen-bond acceptors (Lipinski definition) is 3. The number of carbonyl (C=O) groups excluding carboxylic acids is 1. The monoisotopic (exact) mass is 174 g/mol. The van der Waals surface area contributed by atoms with Gasteiger partial charge in [-0.15, -0.1) is 0 Å². The molecule has 3 nitrogen and oxygen atoms in total. The molecule has 0 aliphatic rings. The average molecular weight is 174 g/mol. The molecule has 0 unspecified atom stereocenters. The van der Waals surface area contributed by atoms with Crippen molar-refractivity contribution in [2.24, 2.45) is 5.92 Å². The Morgan fingerprint density at radius 1 is 1.25 bits per heavy atom. The molecule has 0 aromatic heterocycles. The van der Waals surface area contributed by atoms with E-state index in [0.717, 1.165) is 0 Å². The van der Waals surface area contributed by atoms with Gasteiger partial charge >= 0.3 is 0 Å². The predicted octanol–water partition coefficient (Wildman–Crippen LogP) is 1.61. The molecule has 0 amide bonds. The standard InChI is InChI=1S/C9H18O3/c1-7(2)9(10)5-11-6-12-8(3)4/h7-8H,5-6H2,1-4H3. The zero-order valence-electron chi connectivity index (χ0n) is 8.29. The van der Waals surface area contributed by atoms with E-state index in [1.807, 2.05) is 27.7 Å². The van der Waals surface area contributed by atoms with Crippen LogP contribution < -0.4 is 0 Å². The molecule has 0 aromatic carbocycles. The maximum atomic E-state index is 11.0. The van der Waals surface area contributed by atoms with Crippen molar-refractivity contribution in [1.82, 2.24) is 0 Å². The van der Waals surface area contributed by atoms with Crippen molar-refractivity contribution in [3.05, 3.63) is 0 Å². The number of carbonyl (C=O) groups is 1. The lowest BCUT2D eigenvalue weighted by Gasteiger charge is -2.08. The molecule has 3 heteroatoms. The smallest absolute Gasteiger partial charge is 0.161 e. The van der Waals surface area contributed by atoms with Crippen LogP contribution in [0.2, 0.25) is 0 Å². The first-order chi connectivity index (χ1) is 5.54. The zero-order valence-corrected chi connectivity index (χ0v) is 8.29. The minimum Gasteiger partial charge on any atom is -0.353 e. The summed E-state index contributed by atoms with van der Waals surface area (Å²) < 4.78 is 10.1. The van der Waals surface area contributed by atoms with E-state index >= 15 is 0 Å². The number of rotatable bonds is 6. The molecule has 0 bridgehead atoms. The Bertz CT molecular complexity index is 130. The highest BCUT2D eigenvalue weighted by atomic mass is 16.7. The van der Waals surface area contributed by atoms with Crippen LogP contribution >= 0.6 is 0 Å². The lowest BCUT2D eigenvalue weighted by molar-refractivity contribution is -0.135. The third-order valence-electron chi connectivity index (χ3n) is 1.37. The summed E-state index contributed by atoms with van der Waals surface area (Å²) >= 11 is 0. The van der Waals surface area contributed by atoms with Crippen molar-refractivity contribution in [2.75, 3.05) is 13.4 Å². The van der Waals surface area contributed by atoms with E-state index < -0.39 is 0 Å². The fraction of sp³-hybridized carbons (Fsp3) is 0.889. The number of hydrogen-bond donors (Lipinski definition) is 0. The number of ketones is 1. The Balaban J connectivity index is 3.26.